The molecule has 1 unspecified atom stereocenters. The van der Waals surface area contributed by atoms with Gasteiger partial charge in [-0.05, 0) is 38.9 Å². The number of aromatic nitrogens is 2. The molecular weight excluding hydrogens is 366 g/mol. The lowest BCUT2D eigenvalue weighted by Crippen LogP contribution is -2.43. The summed E-state index contributed by atoms with van der Waals surface area (Å²) in [4.78, 5) is 26.1. The lowest BCUT2D eigenvalue weighted by molar-refractivity contribution is 0.0365. The fourth-order valence-electron chi connectivity index (χ4n) is 4.35. The van der Waals surface area contributed by atoms with Crippen molar-refractivity contribution < 1.29 is 9.90 Å². The van der Waals surface area contributed by atoms with Gasteiger partial charge in [0.25, 0.3) is 5.91 Å². The summed E-state index contributed by atoms with van der Waals surface area (Å²) in [5, 5.41) is 13.9. The van der Waals surface area contributed by atoms with E-state index in [0.29, 0.717) is 44.0 Å². The standard InChI is InChI=1S/C22H29N5O2/c1-26(2)14-22(29)11-13-27(15-22)20-17-10-12-23-21(28)19(17)24-18(25-20)9-8-16-6-4-3-5-7-16/h3-7,29H,8-15H2,1-2H3,(H,23,28). The number of anilines is 1. The second-order valence-electron chi connectivity index (χ2n) is 8.42. The first-order valence-corrected chi connectivity index (χ1v) is 10.3. The largest absolute Gasteiger partial charge is 0.387 e. The van der Waals surface area contributed by atoms with Gasteiger partial charge in [0, 0.05) is 38.2 Å². The Morgan fingerprint density at radius 2 is 2.00 bits per heavy atom. The van der Waals surface area contributed by atoms with Crippen LogP contribution in [0, 0.1) is 0 Å². The monoisotopic (exact) mass is 395 g/mol. The molecular formula is C22H29N5O2. The van der Waals surface area contributed by atoms with Gasteiger partial charge in [-0.1, -0.05) is 30.3 Å². The van der Waals surface area contributed by atoms with Gasteiger partial charge in [-0.15, -0.1) is 0 Å². The zero-order valence-electron chi connectivity index (χ0n) is 17.2. The molecule has 0 aliphatic carbocycles. The number of hydrogen-bond donors (Lipinski definition) is 2. The van der Waals surface area contributed by atoms with Crippen LogP contribution in [0.3, 0.4) is 0 Å². The van der Waals surface area contributed by atoms with E-state index >= 15 is 0 Å². The van der Waals surface area contributed by atoms with Crippen LogP contribution in [0.25, 0.3) is 0 Å². The van der Waals surface area contributed by atoms with Gasteiger partial charge in [-0.25, -0.2) is 9.97 Å². The minimum absolute atomic E-state index is 0.126. The van der Waals surface area contributed by atoms with E-state index in [4.69, 9.17) is 4.98 Å². The Hall–Kier alpha value is -2.51. The van der Waals surface area contributed by atoms with Gasteiger partial charge in [0.1, 0.15) is 17.3 Å². The predicted molar refractivity (Wildman–Crippen MR) is 112 cm³/mol. The van der Waals surface area contributed by atoms with Crippen LogP contribution in [0.5, 0.6) is 0 Å². The van der Waals surface area contributed by atoms with Gasteiger partial charge in [0.05, 0.1) is 5.60 Å². The quantitative estimate of drug-likeness (QED) is 0.761. The van der Waals surface area contributed by atoms with Gasteiger partial charge in [-0.2, -0.15) is 0 Å². The molecule has 1 aromatic carbocycles. The maximum atomic E-state index is 12.5. The Labute approximate surface area is 171 Å². The van der Waals surface area contributed by atoms with Crippen LogP contribution in [0.15, 0.2) is 30.3 Å². The van der Waals surface area contributed by atoms with E-state index in [-0.39, 0.29) is 5.91 Å². The third-order valence-electron chi connectivity index (χ3n) is 5.63. The van der Waals surface area contributed by atoms with E-state index in [0.717, 1.165) is 30.8 Å². The maximum Gasteiger partial charge on any atom is 0.270 e. The summed E-state index contributed by atoms with van der Waals surface area (Å²) in [6.07, 6.45) is 2.91. The van der Waals surface area contributed by atoms with E-state index in [1.54, 1.807) is 0 Å². The van der Waals surface area contributed by atoms with E-state index in [1.165, 1.54) is 5.56 Å². The van der Waals surface area contributed by atoms with Crippen molar-refractivity contribution in [2.45, 2.75) is 31.3 Å². The number of carbonyl (C=O) groups is 1. The van der Waals surface area contributed by atoms with Crippen molar-refractivity contribution in [3.05, 3.63) is 53.0 Å². The van der Waals surface area contributed by atoms with Crippen molar-refractivity contribution in [2.75, 3.05) is 45.2 Å². The smallest absolute Gasteiger partial charge is 0.270 e. The van der Waals surface area contributed by atoms with Crippen LogP contribution in [0.4, 0.5) is 5.82 Å². The number of nitrogens with one attached hydrogen (secondary N) is 1. The number of β-amino-alcohol motifs (C(OH)–C–C–N with tert-alkyl or cyclic N) is 1. The number of aliphatic hydroxyl groups is 1. The number of rotatable bonds is 6. The van der Waals surface area contributed by atoms with Crippen molar-refractivity contribution >= 4 is 11.7 Å². The highest BCUT2D eigenvalue weighted by atomic mass is 16.3. The number of nitrogens with zero attached hydrogens (tertiary/aromatic N) is 4. The van der Waals surface area contributed by atoms with E-state index in [2.05, 4.69) is 27.3 Å². The Morgan fingerprint density at radius 3 is 2.76 bits per heavy atom. The first kappa shape index (κ1) is 19.8. The molecule has 154 valence electrons. The van der Waals surface area contributed by atoms with Crippen LogP contribution in [0.2, 0.25) is 0 Å². The fourth-order valence-corrected chi connectivity index (χ4v) is 4.35. The van der Waals surface area contributed by atoms with Crippen LogP contribution < -0.4 is 10.2 Å². The average molecular weight is 396 g/mol. The van der Waals surface area contributed by atoms with Gasteiger partial charge >= 0.3 is 0 Å². The molecule has 0 bridgehead atoms. The lowest BCUT2D eigenvalue weighted by Gasteiger charge is -2.29. The molecule has 7 heteroatoms. The molecule has 4 rings (SSSR count). The molecule has 7 nitrogen and oxygen atoms in total. The number of amides is 1. The molecule has 0 radical (unpaired) electrons. The summed E-state index contributed by atoms with van der Waals surface area (Å²) in [5.41, 5.74) is 1.86. The number of hydrogen-bond acceptors (Lipinski definition) is 6. The third-order valence-corrected chi connectivity index (χ3v) is 5.63. The molecule has 0 saturated carbocycles. The summed E-state index contributed by atoms with van der Waals surface area (Å²) < 4.78 is 0. The molecule has 2 aromatic rings. The molecule has 1 amide bonds. The van der Waals surface area contributed by atoms with Gasteiger partial charge in [-0.3, -0.25) is 4.79 Å². The number of likely N-dealkylation sites (N-methyl/N-ethyl adjacent to an activating group) is 1. The molecule has 0 spiro atoms. The van der Waals surface area contributed by atoms with Crippen LogP contribution in [-0.2, 0) is 19.3 Å². The highest BCUT2D eigenvalue weighted by molar-refractivity contribution is 5.96. The van der Waals surface area contributed by atoms with Crippen molar-refractivity contribution in [1.29, 1.82) is 0 Å². The summed E-state index contributed by atoms with van der Waals surface area (Å²) in [7, 11) is 3.94. The first-order chi connectivity index (χ1) is 13.9. The van der Waals surface area contributed by atoms with Gasteiger partial charge in [0.15, 0.2) is 0 Å². The number of benzene rings is 1. The van der Waals surface area contributed by atoms with Crippen LogP contribution >= 0.6 is 0 Å². The molecule has 1 aromatic heterocycles. The summed E-state index contributed by atoms with van der Waals surface area (Å²) in [6, 6.07) is 10.2. The zero-order chi connectivity index (χ0) is 20.4. The van der Waals surface area contributed by atoms with E-state index in [9.17, 15) is 9.90 Å². The summed E-state index contributed by atoms with van der Waals surface area (Å²) in [6.45, 7) is 2.46. The fraction of sp³-hybridized carbons (Fsp3) is 0.500. The van der Waals surface area contributed by atoms with Gasteiger partial charge in [0.2, 0.25) is 0 Å². The normalized spacial score (nSPS) is 21.4. The maximum absolute atomic E-state index is 12.5. The molecule has 1 fully saturated rings. The minimum Gasteiger partial charge on any atom is -0.387 e. The summed E-state index contributed by atoms with van der Waals surface area (Å²) >= 11 is 0. The average Bonchev–Trinajstić information content (AvgIpc) is 3.08. The second-order valence-corrected chi connectivity index (χ2v) is 8.42. The lowest BCUT2D eigenvalue weighted by atomic mass is 10.0. The number of fused-ring (bicyclic) bond motifs is 1. The number of carbonyl (C=O) groups excluding carboxylic acids is 1. The molecule has 2 N–H and O–H groups in total. The molecule has 2 aliphatic heterocycles. The van der Waals surface area contributed by atoms with Crippen molar-refractivity contribution in [2.24, 2.45) is 0 Å². The molecule has 2 aliphatic rings. The molecule has 1 atom stereocenters. The summed E-state index contributed by atoms with van der Waals surface area (Å²) in [5.74, 6) is 1.38. The zero-order valence-corrected chi connectivity index (χ0v) is 17.2. The predicted octanol–water partition coefficient (Wildman–Crippen LogP) is 1.05. The van der Waals surface area contributed by atoms with Gasteiger partial charge < -0.3 is 20.2 Å². The van der Waals surface area contributed by atoms with Crippen molar-refractivity contribution in [3.8, 4) is 0 Å². The Kier molecular flexibility index (Phi) is 5.52. The highest BCUT2D eigenvalue weighted by Gasteiger charge is 2.39. The van der Waals surface area contributed by atoms with Crippen molar-refractivity contribution in [1.82, 2.24) is 20.2 Å². The first-order valence-electron chi connectivity index (χ1n) is 10.3. The van der Waals surface area contributed by atoms with E-state index in [1.807, 2.05) is 37.2 Å². The SMILES string of the molecule is CN(C)CC1(O)CCN(c2nc(CCc3ccccc3)nc3c2CCNC3=O)C1. The Morgan fingerprint density at radius 1 is 1.21 bits per heavy atom. The van der Waals surface area contributed by atoms with Crippen molar-refractivity contribution in [3.63, 3.8) is 0 Å². The van der Waals surface area contributed by atoms with E-state index < -0.39 is 5.60 Å². The second kappa shape index (κ2) is 8.08. The topological polar surface area (TPSA) is 81.6 Å². The molecule has 1 saturated heterocycles. The Balaban J connectivity index is 1.62. The number of aryl methyl sites for hydroxylation is 2. The van der Waals surface area contributed by atoms with Crippen LogP contribution in [0.1, 0.15) is 33.9 Å². The Bertz CT molecular complexity index is 886. The van der Waals surface area contributed by atoms with Crippen LogP contribution in [-0.4, -0.2) is 71.8 Å². The molecule has 29 heavy (non-hydrogen) atoms. The molecule has 3 heterocycles. The highest BCUT2D eigenvalue weighted by Crippen LogP contribution is 2.31. The third kappa shape index (κ3) is 4.41. The minimum atomic E-state index is -0.761.